The number of nitrogens with two attached hydrogens (primary N) is 1. The molecule has 5 nitrogen and oxygen atoms in total. The molecule has 0 amide bonds. The molecule has 1 aromatic heterocycles. The molecule has 0 bridgehead atoms. The van der Waals surface area contributed by atoms with Crippen molar-refractivity contribution in [3.05, 3.63) is 23.9 Å². The minimum atomic E-state index is -0.316. The molecule has 1 aliphatic heterocycles. The Balaban J connectivity index is 1.97. The minimum absolute atomic E-state index is 0.316. The van der Waals surface area contributed by atoms with Crippen molar-refractivity contribution >= 4 is 11.8 Å². The average Bonchev–Trinajstić information content (AvgIpc) is 2.48. The number of rotatable bonds is 4. The number of ether oxygens (including phenoxy) is 1. The van der Waals surface area contributed by atoms with Crippen molar-refractivity contribution in [2.75, 3.05) is 31.1 Å². The van der Waals surface area contributed by atoms with Crippen LogP contribution in [0.1, 0.15) is 30.1 Å². The molecular formula is C14H21N3O2. The number of esters is 1. The summed E-state index contributed by atoms with van der Waals surface area (Å²) in [6.07, 6.45) is 3.80. The van der Waals surface area contributed by atoms with Gasteiger partial charge in [0.05, 0.1) is 12.2 Å². The number of pyridine rings is 1. The fourth-order valence-electron chi connectivity index (χ4n) is 2.31. The highest BCUT2D eigenvalue weighted by Crippen LogP contribution is 2.21. The molecule has 0 aromatic carbocycles. The highest BCUT2D eigenvalue weighted by molar-refractivity contribution is 5.89. The van der Waals surface area contributed by atoms with Gasteiger partial charge < -0.3 is 15.4 Å². The zero-order valence-electron chi connectivity index (χ0n) is 11.3. The zero-order valence-corrected chi connectivity index (χ0v) is 11.3. The third kappa shape index (κ3) is 3.44. The lowest BCUT2D eigenvalue weighted by Gasteiger charge is -2.32. The molecule has 0 aliphatic carbocycles. The monoisotopic (exact) mass is 263 g/mol. The summed E-state index contributed by atoms with van der Waals surface area (Å²) in [5, 5.41) is 0. The molecule has 19 heavy (non-hydrogen) atoms. The number of carbonyl (C=O) groups excluding carboxylic acids is 1. The molecule has 104 valence electrons. The van der Waals surface area contributed by atoms with Gasteiger partial charge in [0.1, 0.15) is 5.82 Å². The third-order valence-corrected chi connectivity index (χ3v) is 3.53. The molecule has 0 spiro atoms. The Bertz CT molecular complexity index is 411. The van der Waals surface area contributed by atoms with Gasteiger partial charge >= 0.3 is 5.97 Å². The molecule has 2 N–H and O–H groups in total. The standard InChI is InChI=1S/C14H21N3O2/c1-2-19-14(18)12-3-4-13(16-10-12)17-7-5-11(9-15)6-8-17/h3-4,10-11H,2,5-9,15H2,1H3. The van der Waals surface area contributed by atoms with E-state index in [1.807, 2.05) is 6.07 Å². The van der Waals surface area contributed by atoms with Crippen molar-refractivity contribution in [2.24, 2.45) is 11.7 Å². The van der Waals surface area contributed by atoms with Crippen molar-refractivity contribution in [1.82, 2.24) is 4.98 Å². The van der Waals surface area contributed by atoms with Crippen LogP contribution in [0.5, 0.6) is 0 Å². The van der Waals surface area contributed by atoms with Crippen LogP contribution in [0, 0.1) is 5.92 Å². The summed E-state index contributed by atoms with van der Waals surface area (Å²) in [6, 6.07) is 3.66. The second-order valence-electron chi connectivity index (χ2n) is 4.79. The summed E-state index contributed by atoms with van der Waals surface area (Å²) in [4.78, 5) is 18.1. The van der Waals surface area contributed by atoms with Crippen LogP contribution >= 0.6 is 0 Å². The van der Waals surface area contributed by atoms with Gasteiger partial charge in [-0.2, -0.15) is 0 Å². The highest BCUT2D eigenvalue weighted by Gasteiger charge is 2.19. The first-order valence-electron chi connectivity index (χ1n) is 6.82. The van der Waals surface area contributed by atoms with Crippen LogP contribution in [0.15, 0.2) is 18.3 Å². The van der Waals surface area contributed by atoms with Gasteiger partial charge in [-0.05, 0) is 44.4 Å². The average molecular weight is 263 g/mol. The van der Waals surface area contributed by atoms with Crippen LogP contribution in [-0.2, 0) is 4.74 Å². The SMILES string of the molecule is CCOC(=O)c1ccc(N2CCC(CN)CC2)nc1. The van der Waals surface area contributed by atoms with Crippen molar-refractivity contribution in [3.8, 4) is 0 Å². The van der Waals surface area contributed by atoms with Crippen LogP contribution in [0.4, 0.5) is 5.82 Å². The van der Waals surface area contributed by atoms with E-state index in [9.17, 15) is 4.79 Å². The topological polar surface area (TPSA) is 68.5 Å². The zero-order chi connectivity index (χ0) is 13.7. The predicted molar refractivity (Wildman–Crippen MR) is 74.2 cm³/mol. The molecule has 2 heterocycles. The van der Waals surface area contributed by atoms with Crippen LogP contribution in [-0.4, -0.2) is 37.2 Å². The third-order valence-electron chi connectivity index (χ3n) is 3.53. The van der Waals surface area contributed by atoms with Crippen molar-refractivity contribution < 1.29 is 9.53 Å². The Morgan fingerprint density at radius 2 is 2.21 bits per heavy atom. The van der Waals surface area contributed by atoms with Gasteiger partial charge in [-0.15, -0.1) is 0 Å². The first-order chi connectivity index (χ1) is 9.24. The van der Waals surface area contributed by atoms with Gasteiger partial charge in [0.2, 0.25) is 0 Å². The second-order valence-corrected chi connectivity index (χ2v) is 4.79. The minimum Gasteiger partial charge on any atom is -0.462 e. The number of nitrogens with zero attached hydrogens (tertiary/aromatic N) is 2. The molecule has 2 rings (SSSR count). The summed E-state index contributed by atoms with van der Waals surface area (Å²) in [6.45, 7) is 4.90. The maximum absolute atomic E-state index is 11.5. The van der Waals surface area contributed by atoms with E-state index in [1.165, 1.54) is 0 Å². The molecule has 0 atom stereocenters. The first-order valence-corrected chi connectivity index (χ1v) is 6.82. The fraction of sp³-hybridized carbons (Fsp3) is 0.571. The van der Waals surface area contributed by atoms with Gasteiger partial charge in [-0.3, -0.25) is 0 Å². The van der Waals surface area contributed by atoms with E-state index >= 15 is 0 Å². The van der Waals surface area contributed by atoms with Crippen molar-refractivity contribution in [1.29, 1.82) is 0 Å². The number of piperidine rings is 1. The van der Waals surface area contributed by atoms with E-state index in [4.69, 9.17) is 10.5 Å². The van der Waals surface area contributed by atoms with Gasteiger partial charge in [-0.25, -0.2) is 9.78 Å². The molecule has 1 saturated heterocycles. The summed E-state index contributed by atoms with van der Waals surface area (Å²) < 4.78 is 4.94. The van der Waals surface area contributed by atoms with E-state index in [0.29, 0.717) is 18.1 Å². The Hall–Kier alpha value is -1.62. The molecule has 1 aromatic rings. The number of carbonyl (C=O) groups is 1. The molecular weight excluding hydrogens is 242 g/mol. The number of hydrogen-bond donors (Lipinski definition) is 1. The van der Waals surface area contributed by atoms with Crippen molar-refractivity contribution in [3.63, 3.8) is 0 Å². The quantitative estimate of drug-likeness (QED) is 0.832. The van der Waals surface area contributed by atoms with Gasteiger partial charge in [0.25, 0.3) is 0 Å². The van der Waals surface area contributed by atoms with Crippen LogP contribution in [0.3, 0.4) is 0 Å². The van der Waals surface area contributed by atoms with E-state index in [2.05, 4.69) is 9.88 Å². The summed E-state index contributed by atoms with van der Waals surface area (Å²) >= 11 is 0. The fourth-order valence-corrected chi connectivity index (χ4v) is 2.31. The Kier molecular flexibility index (Phi) is 4.74. The summed E-state index contributed by atoms with van der Waals surface area (Å²) in [5.74, 6) is 1.24. The maximum Gasteiger partial charge on any atom is 0.339 e. The smallest absolute Gasteiger partial charge is 0.339 e. The highest BCUT2D eigenvalue weighted by atomic mass is 16.5. The normalized spacial score (nSPS) is 16.4. The largest absolute Gasteiger partial charge is 0.462 e. The predicted octanol–water partition coefficient (Wildman–Crippen LogP) is 1.43. The van der Waals surface area contributed by atoms with Crippen LogP contribution < -0.4 is 10.6 Å². The molecule has 1 fully saturated rings. The Morgan fingerprint density at radius 1 is 1.47 bits per heavy atom. The van der Waals surface area contributed by atoms with Gasteiger partial charge in [-0.1, -0.05) is 0 Å². The Morgan fingerprint density at radius 3 is 2.74 bits per heavy atom. The number of anilines is 1. The summed E-state index contributed by atoms with van der Waals surface area (Å²) in [7, 11) is 0. The first kappa shape index (κ1) is 13.8. The van der Waals surface area contributed by atoms with Gasteiger partial charge in [0, 0.05) is 19.3 Å². The number of hydrogen-bond acceptors (Lipinski definition) is 5. The second kappa shape index (κ2) is 6.52. The van der Waals surface area contributed by atoms with E-state index < -0.39 is 0 Å². The number of aromatic nitrogens is 1. The van der Waals surface area contributed by atoms with E-state index in [1.54, 1.807) is 19.2 Å². The lowest BCUT2D eigenvalue weighted by molar-refractivity contribution is 0.0526. The molecule has 5 heteroatoms. The van der Waals surface area contributed by atoms with Crippen molar-refractivity contribution in [2.45, 2.75) is 19.8 Å². The molecule has 0 saturated carbocycles. The van der Waals surface area contributed by atoms with E-state index in [0.717, 1.165) is 38.3 Å². The lowest BCUT2D eigenvalue weighted by Crippen LogP contribution is -2.36. The van der Waals surface area contributed by atoms with E-state index in [-0.39, 0.29) is 5.97 Å². The lowest BCUT2D eigenvalue weighted by atomic mass is 9.97. The molecule has 0 radical (unpaired) electrons. The van der Waals surface area contributed by atoms with Gasteiger partial charge in [0.15, 0.2) is 0 Å². The van der Waals surface area contributed by atoms with Crippen LogP contribution in [0.25, 0.3) is 0 Å². The summed E-state index contributed by atoms with van der Waals surface area (Å²) in [5.41, 5.74) is 6.19. The molecule has 0 unspecified atom stereocenters. The van der Waals surface area contributed by atoms with Crippen LogP contribution in [0.2, 0.25) is 0 Å². The molecule has 1 aliphatic rings. The Labute approximate surface area is 113 Å². The maximum atomic E-state index is 11.5.